The quantitative estimate of drug-likeness (QED) is 0.846. The number of hydrogen-bond donors (Lipinski definition) is 2. The highest BCUT2D eigenvalue weighted by Crippen LogP contribution is 2.27. The largest absolute Gasteiger partial charge is 0.490 e. The molecule has 0 radical (unpaired) electrons. The molecule has 1 amide bonds. The molecule has 2 rings (SSSR count). The molecule has 1 aliphatic carbocycles. The van der Waals surface area contributed by atoms with Gasteiger partial charge in [-0.3, -0.25) is 0 Å². The molecule has 92 valence electrons. The molecule has 0 atom stereocenters. The zero-order valence-corrected chi connectivity index (χ0v) is 10.1. The Morgan fingerprint density at radius 2 is 1.88 bits per heavy atom. The first-order valence-electron chi connectivity index (χ1n) is 5.77. The van der Waals surface area contributed by atoms with Gasteiger partial charge in [-0.15, -0.1) is 0 Å². The number of rotatable bonds is 3. The summed E-state index contributed by atoms with van der Waals surface area (Å²) in [4.78, 5) is 10.4. The van der Waals surface area contributed by atoms with E-state index in [2.05, 4.69) is 11.4 Å². The Morgan fingerprint density at radius 1 is 1.29 bits per heavy atom. The van der Waals surface area contributed by atoms with E-state index in [0.29, 0.717) is 0 Å². The van der Waals surface area contributed by atoms with Crippen LogP contribution in [-0.4, -0.2) is 23.3 Å². The smallest absolute Gasteiger partial charge is 0.404 e. The van der Waals surface area contributed by atoms with Crippen molar-refractivity contribution in [3.8, 4) is 5.75 Å². The molecule has 1 aromatic rings. The van der Waals surface area contributed by atoms with Crippen molar-refractivity contribution >= 4 is 6.09 Å². The van der Waals surface area contributed by atoms with Crippen molar-refractivity contribution in [2.24, 2.45) is 0 Å². The van der Waals surface area contributed by atoms with E-state index in [-0.39, 0.29) is 12.1 Å². The standard InChI is InChI=1S/C13H17NO3/c1-8-3-9(2)5-11(4-8)17-12-6-10(7-12)14-13(15)16/h3-5,10,12,14H,6-7H2,1-2H3,(H,15,16)/t10-,12-. The molecular weight excluding hydrogens is 218 g/mol. The summed E-state index contributed by atoms with van der Waals surface area (Å²) in [7, 11) is 0. The lowest BCUT2D eigenvalue weighted by atomic mass is 9.89. The van der Waals surface area contributed by atoms with E-state index in [4.69, 9.17) is 9.84 Å². The average molecular weight is 235 g/mol. The van der Waals surface area contributed by atoms with Crippen LogP contribution in [0.4, 0.5) is 4.79 Å². The molecule has 0 saturated heterocycles. The van der Waals surface area contributed by atoms with Crippen molar-refractivity contribution in [2.75, 3.05) is 0 Å². The minimum atomic E-state index is -0.958. The molecule has 1 fully saturated rings. The van der Waals surface area contributed by atoms with Gasteiger partial charge in [-0.1, -0.05) is 6.07 Å². The SMILES string of the molecule is Cc1cc(C)cc(O[C@H]2C[C@H](NC(=O)O)C2)c1. The second kappa shape index (κ2) is 4.65. The van der Waals surface area contributed by atoms with Gasteiger partial charge in [0.2, 0.25) is 0 Å². The summed E-state index contributed by atoms with van der Waals surface area (Å²) in [6.07, 6.45) is 0.673. The van der Waals surface area contributed by atoms with E-state index in [1.807, 2.05) is 26.0 Å². The van der Waals surface area contributed by atoms with Crippen molar-refractivity contribution < 1.29 is 14.6 Å². The van der Waals surface area contributed by atoms with Crippen LogP contribution in [0.25, 0.3) is 0 Å². The molecule has 4 nitrogen and oxygen atoms in total. The maximum absolute atomic E-state index is 10.4. The summed E-state index contributed by atoms with van der Waals surface area (Å²) >= 11 is 0. The molecule has 1 saturated carbocycles. The van der Waals surface area contributed by atoms with Gasteiger partial charge >= 0.3 is 6.09 Å². The third-order valence-corrected chi connectivity index (χ3v) is 2.92. The van der Waals surface area contributed by atoms with E-state index in [1.165, 1.54) is 11.1 Å². The normalized spacial score (nSPS) is 22.7. The molecule has 4 heteroatoms. The molecule has 1 aromatic carbocycles. The maximum atomic E-state index is 10.4. The van der Waals surface area contributed by atoms with Gasteiger partial charge in [0, 0.05) is 18.9 Å². The fourth-order valence-corrected chi connectivity index (χ4v) is 2.15. The van der Waals surface area contributed by atoms with E-state index in [9.17, 15) is 4.79 Å². The zero-order valence-electron chi connectivity index (χ0n) is 10.1. The molecule has 1 aliphatic rings. The molecule has 17 heavy (non-hydrogen) atoms. The van der Waals surface area contributed by atoms with Crippen molar-refractivity contribution in [3.63, 3.8) is 0 Å². The van der Waals surface area contributed by atoms with Gasteiger partial charge in [-0.05, 0) is 37.1 Å². The van der Waals surface area contributed by atoms with Gasteiger partial charge in [0.25, 0.3) is 0 Å². The van der Waals surface area contributed by atoms with Crippen LogP contribution in [0.15, 0.2) is 18.2 Å². The molecule has 0 heterocycles. The van der Waals surface area contributed by atoms with Crippen LogP contribution in [0.5, 0.6) is 5.75 Å². The van der Waals surface area contributed by atoms with Crippen molar-refractivity contribution in [1.29, 1.82) is 0 Å². The minimum Gasteiger partial charge on any atom is -0.490 e. The van der Waals surface area contributed by atoms with Crippen LogP contribution in [0, 0.1) is 13.8 Å². The topological polar surface area (TPSA) is 58.6 Å². The highest BCUT2D eigenvalue weighted by Gasteiger charge is 2.31. The Bertz CT molecular complexity index is 404. The first-order chi connectivity index (χ1) is 8.02. The van der Waals surface area contributed by atoms with Gasteiger partial charge < -0.3 is 15.2 Å². The summed E-state index contributed by atoms with van der Waals surface area (Å²) in [5.41, 5.74) is 2.36. The van der Waals surface area contributed by atoms with Gasteiger partial charge in [-0.2, -0.15) is 0 Å². The van der Waals surface area contributed by atoms with Crippen LogP contribution in [0.2, 0.25) is 0 Å². The molecule has 0 unspecified atom stereocenters. The first kappa shape index (κ1) is 11.8. The number of carbonyl (C=O) groups is 1. The number of carboxylic acid groups (broad SMARTS) is 1. The molecule has 2 N–H and O–H groups in total. The van der Waals surface area contributed by atoms with Crippen LogP contribution in [0.1, 0.15) is 24.0 Å². The van der Waals surface area contributed by atoms with Gasteiger partial charge in [0.05, 0.1) is 0 Å². The summed E-state index contributed by atoms with van der Waals surface area (Å²) in [6, 6.07) is 6.15. The fraction of sp³-hybridized carbons (Fsp3) is 0.462. The Morgan fingerprint density at radius 3 is 2.41 bits per heavy atom. The molecule has 0 bridgehead atoms. The molecule has 0 spiro atoms. The zero-order chi connectivity index (χ0) is 12.4. The highest BCUT2D eigenvalue weighted by molar-refractivity contribution is 5.65. The van der Waals surface area contributed by atoms with E-state index < -0.39 is 6.09 Å². The summed E-state index contributed by atoms with van der Waals surface area (Å²) in [5.74, 6) is 0.876. The van der Waals surface area contributed by atoms with Gasteiger partial charge in [0.1, 0.15) is 11.9 Å². The van der Waals surface area contributed by atoms with E-state index >= 15 is 0 Å². The van der Waals surface area contributed by atoms with Crippen LogP contribution in [-0.2, 0) is 0 Å². The lowest BCUT2D eigenvalue weighted by molar-refractivity contribution is 0.0833. The third-order valence-electron chi connectivity index (χ3n) is 2.92. The Labute approximate surface area is 101 Å². The highest BCUT2D eigenvalue weighted by atomic mass is 16.5. The number of amides is 1. The lowest BCUT2D eigenvalue weighted by Crippen LogP contribution is -2.48. The monoisotopic (exact) mass is 235 g/mol. The van der Waals surface area contributed by atoms with Crippen molar-refractivity contribution in [2.45, 2.75) is 38.8 Å². The summed E-state index contributed by atoms with van der Waals surface area (Å²) < 4.78 is 5.79. The fourth-order valence-electron chi connectivity index (χ4n) is 2.15. The van der Waals surface area contributed by atoms with Crippen LogP contribution in [0.3, 0.4) is 0 Å². The molecule has 0 aromatic heterocycles. The Balaban J connectivity index is 1.85. The van der Waals surface area contributed by atoms with E-state index in [0.717, 1.165) is 18.6 Å². The maximum Gasteiger partial charge on any atom is 0.404 e. The Hall–Kier alpha value is -1.71. The average Bonchev–Trinajstić information content (AvgIpc) is 2.11. The summed E-state index contributed by atoms with van der Waals surface area (Å²) in [5, 5.41) is 11.0. The predicted molar refractivity (Wildman–Crippen MR) is 64.5 cm³/mol. The number of hydrogen-bond acceptors (Lipinski definition) is 2. The molecule has 0 aliphatic heterocycles. The third kappa shape index (κ3) is 3.12. The van der Waals surface area contributed by atoms with Crippen molar-refractivity contribution in [3.05, 3.63) is 29.3 Å². The summed E-state index contributed by atoms with van der Waals surface area (Å²) in [6.45, 7) is 4.07. The first-order valence-corrected chi connectivity index (χ1v) is 5.77. The number of aryl methyl sites for hydroxylation is 2. The van der Waals surface area contributed by atoms with Crippen molar-refractivity contribution in [1.82, 2.24) is 5.32 Å². The number of benzene rings is 1. The van der Waals surface area contributed by atoms with Crippen LogP contribution >= 0.6 is 0 Å². The lowest BCUT2D eigenvalue weighted by Gasteiger charge is -2.35. The van der Waals surface area contributed by atoms with Gasteiger partial charge in [-0.25, -0.2) is 4.79 Å². The molecular formula is C13H17NO3. The second-order valence-electron chi connectivity index (χ2n) is 4.68. The van der Waals surface area contributed by atoms with Gasteiger partial charge in [0.15, 0.2) is 0 Å². The Kier molecular flexibility index (Phi) is 3.22. The van der Waals surface area contributed by atoms with Crippen LogP contribution < -0.4 is 10.1 Å². The number of ether oxygens (including phenoxy) is 1. The van der Waals surface area contributed by atoms with E-state index in [1.54, 1.807) is 0 Å². The predicted octanol–water partition coefficient (Wildman–Crippen LogP) is 2.48. The second-order valence-corrected chi connectivity index (χ2v) is 4.68. The number of nitrogens with one attached hydrogen (secondary N) is 1. The minimum absolute atomic E-state index is 0.0448.